The quantitative estimate of drug-likeness (QED) is 0.630. The Bertz CT molecular complexity index is 170. The van der Waals surface area contributed by atoms with Crippen LogP contribution in [0.3, 0.4) is 0 Å². The van der Waals surface area contributed by atoms with Crippen molar-refractivity contribution in [2.24, 2.45) is 0 Å². The molecule has 1 aliphatic heterocycles. The molecule has 0 amide bonds. The highest BCUT2D eigenvalue weighted by molar-refractivity contribution is 6.84. The molecule has 1 heterocycles. The van der Waals surface area contributed by atoms with Crippen molar-refractivity contribution in [3.63, 3.8) is 0 Å². The standard InChI is InChI=1S/C12H24OSi/c1-4-14(5-2,6-3)11-9-12-8-7-10-13-12/h9,11-12H,4-8,10H2,1-3H3/b11-9+. The van der Waals surface area contributed by atoms with Gasteiger partial charge in [0.2, 0.25) is 0 Å². The Labute approximate surface area is 89.6 Å². The van der Waals surface area contributed by atoms with Gasteiger partial charge in [0.15, 0.2) is 0 Å². The van der Waals surface area contributed by atoms with Gasteiger partial charge in [-0.15, -0.1) is 0 Å². The first kappa shape index (κ1) is 12.0. The summed E-state index contributed by atoms with van der Waals surface area (Å²) in [6.45, 7) is 8.01. The first-order valence-electron chi connectivity index (χ1n) is 6.07. The van der Waals surface area contributed by atoms with Crippen LogP contribution in [0.25, 0.3) is 0 Å². The van der Waals surface area contributed by atoms with Crippen molar-refractivity contribution in [3.05, 3.63) is 11.8 Å². The fourth-order valence-electron chi connectivity index (χ4n) is 2.17. The third-order valence-electron chi connectivity index (χ3n) is 3.74. The molecule has 2 heteroatoms. The van der Waals surface area contributed by atoms with Crippen LogP contribution < -0.4 is 0 Å². The normalized spacial score (nSPS) is 23.5. The molecule has 1 aliphatic rings. The van der Waals surface area contributed by atoms with E-state index >= 15 is 0 Å². The molecule has 82 valence electrons. The lowest BCUT2D eigenvalue weighted by Crippen LogP contribution is -2.29. The van der Waals surface area contributed by atoms with Crippen molar-refractivity contribution in [3.8, 4) is 0 Å². The van der Waals surface area contributed by atoms with Crippen LogP contribution in [0.1, 0.15) is 33.6 Å². The second kappa shape index (κ2) is 5.71. The molecule has 0 radical (unpaired) electrons. The molecule has 1 fully saturated rings. The van der Waals surface area contributed by atoms with Crippen LogP contribution in [-0.4, -0.2) is 20.8 Å². The van der Waals surface area contributed by atoms with Gasteiger partial charge in [-0.05, 0) is 12.8 Å². The lowest BCUT2D eigenvalue weighted by atomic mass is 10.2. The number of ether oxygens (including phenoxy) is 1. The zero-order valence-corrected chi connectivity index (χ0v) is 10.9. The Morgan fingerprint density at radius 2 is 1.86 bits per heavy atom. The SMILES string of the molecule is CC[Si](/C=C/C1CCCO1)(CC)CC. The van der Waals surface area contributed by atoms with Crippen LogP contribution in [0.5, 0.6) is 0 Å². The minimum absolute atomic E-state index is 0.437. The maximum atomic E-state index is 5.62. The Morgan fingerprint density at radius 1 is 1.21 bits per heavy atom. The molecular weight excluding hydrogens is 188 g/mol. The maximum absolute atomic E-state index is 5.62. The second-order valence-corrected chi connectivity index (χ2v) is 9.51. The fraction of sp³-hybridized carbons (Fsp3) is 0.833. The highest BCUT2D eigenvalue weighted by Gasteiger charge is 2.23. The van der Waals surface area contributed by atoms with Crippen LogP contribution in [0.4, 0.5) is 0 Å². The molecule has 0 aromatic heterocycles. The van der Waals surface area contributed by atoms with Crippen LogP contribution in [0.2, 0.25) is 18.1 Å². The molecule has 0 aromatic carbocycles. The molecule has 1 rings (SSSR count). The van der Waals surface area contributed by atoms with E-state index in [2.05, 4.69) is 32.5 Å². The third-order valence-corrected chi connectivity index (χ3v) is 8.87. The molecule has 0 N–H and O–H groups in total. The Kier molecular flexibility index (Phi) is 4.89. The van der Waals surface area contributed by atoms with E-state index in [4.69, 9.17) is 4.74 Å². The topological polar surface area (TPSA) is 9.23 Å². The minimum Gasteiger partial charge on any atom is -0.374 e. The molecule has 0 bridgehead atoms. The Balaban J connectivity index is 2.52. The van der Waals surface area contributed by atoms with Gasteiger partial charge in [0.05, 0.1) is 14.2 Å². The molecule has 1 unspecified atom stereocenters. The van der Waals surface area contributed by atoms with Gasteiger partial charge in [-0.2, -0.15) is 0 Å². The van der Waals surface area contributed by atoms with Gasteiger partial charge in [0.1, 0.15) is 0 Å². The van der Waals surface area contributed by atoms with Crippen molar-refractivity contribution in [1.82, 2.24) is 0 Å². The summed E-state index contributed by atoms with van der Waals surface area (Å²) in [5.74, 6) is 0. The van der Waals surface area contributed by atoms with Crippen molar-refractivity contribution < 1.29 is 4.74 Å². The van der Waals surface area contributed by atoms with Gasteiger partial charge in [0.25, 0.3) is 0 Å². The van der Waals surface area contributed by atoms with Crippen molar-refractivity contribution in [2.75, 3.05) is 6.61 Å². The van der Waals surface area contributed by atoms with Crippen LogP contribution in [0.15, 0.2) is 11.8 Å². The number of hydrogen-bond donors (Lipinski definition) is 0. The first-order valence-corrected chi connectivity index (χ1v) is 8.77. The lowest BCUT2D eigenvalue weighted by Gasteiger charge is -2.24. The molecule has 14 heavy (non-hydrogen) atoms. The molecule has 0 aromatic rings. The molecule has 1 atom stereocenters. The summed E-state index contributed by atoms with van der Waals surface area (Å²) in [7, 11) is -1.05. The van der Waals surface area contributed by atoms with Crippen LogP contribution >= 0.6 is 0 Å². The average Bonchev–Trinajstić information content (AvgIpc) is 2.74. The zero-order chi connectivity index (χ0) is 10.4. The molecular formula is C12H24OSi. The Morgan fingerprint density at radius 3 is 2.29 bits per heavy atom. The largest absolute Gasteiger partial charge is 0.374 e. The molecule has 1 saturated heterocycles. The molecule has 0 saturated carbocycles. The smallest absolute Gasteiger partial charge is 0.0767 e. The average molecular weight is 212 g/mol. The maximum Gasteiger partial charge on any atom is 0.0767 e. The van der Waals surface area contributed by atoms with E-state index in [1.54, 1.807) is 0 Å². The highest BCUT2D eigenvalue weighted by Crippen LogP contribution is 2.23. The molecule has 0 aliphatic carbocycles. The lowest BCUT2D eigenvalue weighted by molar-refractivity contribution is 0.145. The predicted molar refractivity (Wildman–Crippen MR) is 65.3 cm³/mol. The number of rotatable bonds is 5. The van der Waals surface area contributed by atoms with E-state index in [1.165, 1.54) is 31.0 Å². The van der Waals surface area contributed by atoms with Crippen molar-refractivity contribution in [2.45, 2.75) is 57.8 Å². The minimum atomic E-state index is -1.05. The van der Waals surface area contributed by atoms with E-state index in [0.29, 0.717) is 6.10 Å². The summed E-state index contributed by atoms with van der Waals surface area (Å²) in [5, 5.41) is 0. The summed E-state index contributed by atoms with van der Waals surface area (Å²) in [4.78, 5) is 0. The highest BCUT2D eigenvalue weighted by atomic mass is 28.3. The summed E-state index contributed by atoms with van der Waals surface area (Å²) >= 11 is 0. The molecule has 0 spiro atoms. The predicted octanol–water partition coefficient (Wildman–Crippen LogP) is 3.77. The van der Waals surface area contributed by atoms with E-state index in [1.807, 2.05) is 0 Å². The Hall–Kier alpha value is -0.0831. The van der Waals surface area contributed by atoms with E-state index in [0.717, 1.165) is 6.61 Å². The molecule has 1 nitrogen and oxygen atoms in total. The van der Waals surface area contributed by atoms with Gasteiger partial charge < -0.3 is 4.74 Å². The van der Waals surface area contributed by atoms with E-state index in [9.17, 15) is 0 Å². The van der Waals surface area contributed by atoms with E-state index in [-0.39, 0.29) is 0 Å². The van der Waals surface area contributed by atoms with Gasteiger partial charge >= 0.3 is 0 Å². The summed E-state index contributed by atoms with van der Waals surface area (Å²) in [6.07, 6.45) is 5.27. The summed E-state index contributed by atoms with van der Waals surface area (Å²) < 4.78 is 5.62. The van der Waals surface area contributed by atoms with Gasteiger partial charge in [-0.3, -0.25) is 0 Å². The van der Waals surface area contributed by atoms with Crippen LogP contribution in [-0.2, 0) is 4.74 Å². The van der Waals surface area contributed by atoms with Gasteiger partial charge in [0, 0.05) is 6.61 Å². The van der Waals surface area contributed by atoms with Gasteiger partial charge in [-0.25, -0.2) is 0 Å². The third kappa shape index (κ3) is 2.96. The monoisotopic (exact) mass is 212 g/mol. The van der Waals surface area contributed by atoms with E-state index < -0.39 is 8.07 Å². The number of hydrogen-bond acceptors (Lipinski definition) is 1. The van der Waals surface area contributed by atoms with Crippen LogP contribution in [0, 0.1) is 0 Å². The van der Waals surface area contributed by atoms with Crippen molar-refractivity contribution >= 4 is 8.07 Å². The van der Waals surface area contributed by atoms with Crippen molar-refractivity contribution in [1.29, 1.82) is 0 Å². The zero-order valence-electron chi connectivity index (χ0n) is 9.88. The first-order chi connectivity index (χ1) is 6.76. The van der Waals surface area contributed by atoms with Gasteiger partial charge in [-0.1, -0.05) is 50.7 Å². The second-order valence-electron chi connectivity index (χ2n) is 4.33. The summed E-state index contributed by atoms with van der Waals surface area (Å²) in [6, 6.07) is 4.13. The fourth-order valence-corrected chi connectivity index (χ4v) is 5.00. The summed E-state index contributed by atoms with van der Waals surface area (Å²) in [5.41, 5.74) is 2.54.